The van der Waals surface area contributed by atoms with Crippen LogP contribution >= 0.6 is 7.14 Å². The summed E-state index contributed by atoms with van der Waals surface area (Å²) in [5, 5.41) is 16.7. The molecule has 9 aromatic carbocycles. The van der Waals surface area contributed by atoms with Crippen molar-refractivity contribution in [3.63, 3.8) is 0 Å². The molecule has 0 radical (unpaired) electrons. The summed E-state index contributed by atoms with van der Waals surface area (Å²) in [6.45, 7) is 4.53. The number of rotatable bonds is 4. The number of hydrogen-bond acceptors (Lipinski definition) is 3. The molecular weight excluding hydrogens is 750 g/mol. The zero-order chi connectivity index (χ0) is 40.3. The first-order valence-corrected chi connectivity index (χ1v) is 22.1. The Labute approximate surface area is 348 Å². The van der Waals surface area contributed by atoms with Crippen LogP contribution in [0, 0.1) is 11.3 Å². The molecule has 0 bridgehead atoms. The first-order chi connectivity index (χ1) is 29.4. The average molecular weight is 786 g/mol. The molecule has 4 nitrogen and oxygen atoms in total. The van der Waals surface area contributed by atoms with Gasteiger partial charge in [-0.05, 0) is 109 Å². The third kappa shape index (κ3) is 4.67. The lowest BCUT2D eigenvalue weighted by Gasteiger charge is -2.30. The highest BCUT2D eigenvalue weighted by Gasteiger charge is 2.41. The highest BCUT2D eigenvalue weighted by atomic mass is 31.2. The number of benzene rings is 9. The predicted molar refractivity (Wildman–Crippen MR) is 248 cm³/mol. The van der Waals surface area contributed by atoms with E-state index < -0.39 is 7.14 Å². The Bertz CT molecular complexity index is 3500. The van der Waals surface area contributed by atoms with Crippen LogP contribution in [-0.4, -0.2) is 9.55 Å². The Morgan fingerprint density at radius 1 is 0.550 bits per heavy atom. The zero-order valence-electron chi connectivity index (χ0n) is 33.0. The smallest absolute Gasteiger partial charge is 0.175 e. The van der Waals surface area contributed by atoms with E-state index >= 15 is 4.57 Å². The van der Waals surface area contributed by atoms with Gasteiger partial charge in [-0.25, -0.2) is 4.98 Å². The molecule has 10 aromatic rings. The Balaban J connectivity index is 1.12. The quantitative estimate of drug-likeness (QED) is 0.132. The van der Waals surface area contributed by atoms with Crippen molar-refractivity contribution in [1.29, 1.82) is 5.26 Å². The second-order valence-electron chi connectivity index (χ2n) is 16.5. The van der Waals surface area contributed by atoms with E-state index in [2.05, 4.69) is 134 Å². The van der Waals surface area contributed by atoms with Crippen molar-refractivity contribution in [1.82, 2.24) is 9.55 Å². The van der Waals surface area contributed by atoms with Crippen molar-refractivity contribution >= 4 is 55.6 Å². The fourth-order valence-corrected chi connectivity index (χ4v) is 13.3. The second kappa shape index (κ2) is 12.6. The highest BCUT2D eigenvalue weighted by molar-refractivity contribution is 7.86. The van der Waals surface area contributed by atoms with Crippen LogP contribution in [0.5, 0.6) is 0 Å². The molecule has 12 rings (SSSR count). The maximum absolute atomic E-state index is 16.4. The van der Waals surface area contributed by atoms with Crippen molar-refractivity contribution in [3.05, 3.63) is 199 Å². The maximum Gasteiger partial charge on any atom is 0.175 e. The van der Waals surface area contributed by atoms with E-state index in [9.17, 15) is 5.26 Å². The molecule has 1 aliphatic heterocycles. The van der Waals surface area contributed by atoms with Crippen LogP contribution in [0.3, 0.4) is 0 Å². The van der Waals surface area contributed by atoms with E-state index in [1.165, 1.54) is 27.8 Å². The molecule has 2 heterocycles. The van der Waals surface area contributed by atoms with Crippen LogP contribution in [0.2, 0.25) is 0 Å². The SMILES string of the molecule is CC1(C)c2cc(C#N)ccc2-c2ccc(-c3c4ccccc4c(-c4ccc5c(c4)P(=O)(c4ccccc4)c4cccc6nc(-c7ccccc7)n-5c46)c4ccccc34)cc21. The van der Waals surface area contributed by atoms with Gasteiger partial charge in [0.2, 0.25) is 0 Å². The van der Waals surface area contributed by atoms with Crippen LogP contribution < -0.4 is 15.9 Å². The van der Waals surface area contributed by atoms with Gasteiger partial charge in [0, 0.05) is 26.9 Å². The van der Waals surface area contributed by atoms with Crippen molar-refractivity contribution in [2.45, 2.75) is 19.3 Å². The summed E-state index contributed by atoms with van der Waals surface area (Å²) >= 11 is 0. The van der Waals surface area contributed by atoms with Gasteiger partial charge in [0.25, 0.3) is 0 Å². The van der Waals surface area contributed by atoms with E-state index in [0.29, 0.717) is 5.56 Å². The average Bonchev–Trinajstić information content (AvgIpc) is 3.80. The van der Waals surface area contributed by atoms with Gasteiger partial charge in [-0.15, -0.1) is 0 Å². The van der Waals surface area contributed by atoms with E-state index in [0.717, 1.165) is 82.3 Å². The molecule has 0 amide bonds. The van der Waals surface area contributed by atoms with Gasteiger partial charge >= 0.3 is 0 Å². The summed E-state index contributed by atoms with van der Waals surface area (Å²) in [7, 11) is -3.40. The minimum Gasteiger partial charge on any atom is -0.308 e. The molecule has 282 valence electrons. The first-order valence-electron chi connectivity index (χ1n) is 20.4. The number of nitriles is 1. The molecule has 60 heavy (non-hydrogen) atoms. The maximum atomic E-state index is 16.4. The minimum atomic E-state index is -3.40. The number of hydrogen-bond donors (Lipinski definition) is 0. The molecule has 0 N–H and O–H groups in total. The summed E-state index contributed by atoms with van der Waals surface area (Å²) in [5.41, 5.74) is 13.4. The molecule has 0 saturated carbocycles. The topological polar surface area (TPSA) is 58.7 Å². The predicted octanol–water partition coefficient (Wildman–Crippen LogP) is 12.5. The van der Waals surface area contributed by atoms with Gasteiger partial charge < -0.3 is 4.57 Å². The normalized spacial score (nSPS) is 15.8. The Morgan fingerprint density at radius 3 is 1.77 bits per heavy atom. The highest BCUT2D eigenvalue weighted by Crippen LogP contribution is 2.54. The van der Waals surface area contributed by atoms with Crippen LogP contribution in [0.25, 0.3) is 83.0 Å². The summed E-state index contributed by atoms with van der Waals surface area (Å²) in [4.78, 5) is 5.19. The zero-order valence-corrected chi connectivity index (χ0v) is 33.9. The van der Waals surface area contributed by atoms with Crippen molar-refractivity contribution in [2.24, 2.45) is 0 Å². The summed E-state index contributed by atoms with van der Waals surface area (Å²) in [6.07, 6.45) is 0. The Hall–Kier alpha value is -7.31. The molecule has 0 saturated heterocycles. The fraction of sp³-hybridized carbons (Fsp3) is 0.0545. The lowest BCUT2D eigenvalue weighted by Crippen LogP contribution is -2.33. The van der Waals surface area contributed by atoms with Gasteiger partial charge in [0.1, 0.15) is 5.82 Å². The Kier molecular flexibility index (Phi) is 7.29. The molecule has 0 fully saturated rings. The minimum absolute atomic E-state index is 0.269. The van der Waals surface area contributed by atoms with Crippen LogP contribution in [0.4, 0.5) is 0 Å². The second-order valence-corrected chi connectivity index (χ2v) is 19.2. The molecule has 0 spiro atoms. The van der Waals surface area contributed by atoms with E-state index in [1.54, 1.807) is 0 Å². The number of nitrogens with zero attached hydrogens (tertiary/aromatic N) is 3. The van der Waals surface area contributed by atoms with Gasteiger partial charge in [-0.2, -0.15) is 5.26 Å². The number of fused-ring (bicyclic) bond motifs is 7. The molecule has 2 aliphatic rings. The molecule has 1 atom stereocenters. The third-order valence-corrected chi connectivity index (χ3v) is 16.1. The monoisotopic (exact) mass is 785 g/mol. The van der Waals surface area contributed by atoms with Gasteiger partial charge in [0.05, 0.1) is 28.4 Å². The van der Waals surface area contributed by atoms with Gasteiger partial charge in [0.15, 0.2) is 7.14 Å². The van der Waals surface area contributed by atoms with E-state index in [4.69, 9.17) is 4.98 Å². The number of imidazole rings is 1. The molecular formula is C55H36N3OP. The summed E-state index contributed by atoms with van der Waals surface area (Å²) in [6, 6.07) is 65.7. The number of para-hydroxylation sites is 1. The fourth-order valence-electron chi connectivity index (χ4n) is 10.3. The van der Waals surface area contributed by atoms with E-state index in [-0.39, 0.29) is 5.41 Å². The lowest BCUT2D eigenvalue weighted by molar-refractivity contribution is 0.592. The van der Waals surface area contributed by atoms with E-state index in [1.807, 2.05) is 72.8 Å². The summed E-state index contributed by atoms with van der Waals surface area (Å²) < 4.78 is 18.6. The molecule has 1 aliphatic carbocycles. The van der Waals surface area contributed by atoms with Crippen molar-refractivity contribution in [3.8, 4) is 56.5 Å². The van der Waals surface area contributed by atoms with Crippen molar-refractivity contribution < 1.29 is 4.57 Å². The van der Waals surface area contributed by atoms with Crippen LogP contribution in [0.15, 0.2) is 182 Å². The first kappa shape index (κ1) is 34.7. The van der Waals surface area contributed by atoms with Crippen LogP contribution in [0.1, 0.15) is 30.5 Å². The molecule has 1 unspecified atom stereocenters. The lowest BCUT2D eigenvalue weighted by atomic mass is 9.80. The largest absolute Gasteiger partial charge is 0.308 e. The molecule has 5 heteroatoms. The Morgan fingerprint density at radius 2 is 1.12 bits per heavy atom. The molecule has 1 aromatic heterocycles. The number of aromatic nitrogens is 2. The standard InChI is InChI=1S/C55H36N3OP/c1-55(2)45-30-34(33-56)24-27-39(45)40-28-25-36(31-46(40)55)51-41-18-9-11-20-43(41)52(44-21-12-10-19-42(44)51)37-26-29-48-50(32-37)60(59,38-16-7-4-8-17-38)49-23-13-22-47-53(49)58(48)54(57-47)35-14-5-3-6-15-35/h3-32H,1-2H3. The third-order valence-electron chi connectivity index (χ3n) is 13.0. The van der Waals surface area contributed by atoms with Crippen LogP contribution in [-0.2, 0) is 9.98 Å². The summed E-state index contributed by atoms with van der Waals surface area (Å²) in [5.74, 6) is 0.831. The van der Waals surface area contributed by atoms with Gasteiger partial charge in [-0.1, -0.05) is 153 Å². The van der Waals surface area contributed by atoms with Crippen molar-refractivity contribution in [2.75, 3.05) is 0 Å². The van der Waals surface area contributed by atoms with Gasteiger partial charge in [-0.3, -0.25) is 4.57 Å².